The molecule has 0 amide bonds. The summed E-state index contributed by atoms with van der Waals surface area (Å²) >= 11 is 0. The van der Waals surface area contributed by atoms with Crippen molar-refractivity contribution in [3.63, 3.8) is 0 Å². The smallest absolute Gasteiger partial charge is 0.309 e. The molecule has 29 heavy (non-hydrogen) atoms. The molecular formula is C26H44O3. The third kappa shape index (κ3) is 11.3. The Hall–Kier alpha value is -1.51. The van der Waals surface area contributed by atoms with Crippen LogP contribution in [0.15, 0.2) is 18.2 Å². The van der Waals surface area contributed by atoms with Crippen molar-refractivity contribution in [3.8, 4) is 5.75 Å². The van der Waals surface area contributed by atoms with Gasteiger partial charge in [0, 0.05) is 0 Å². The van der Waals surface area contributed by atoms with Crippen LogP contribution in [-0.2, 0) is 17.6 Å². The molecule has 0 aromatic heterocycles. The van der Waals surface area contributed by atoms with Crippen LogP contribution in [0.25, 0.3) is 0 Å². The summed E-state index contributed by atoms with van der Waals surface area (Å²) in [6.07, 6.45) is 13.4. The minimum absolute atomic E-state index is 0.358. The Bertz CT molecular complexity index is 611. The van der Waals surface area contributed by atoms with Crippen LogP contribution in [0.5, 0.6) is 5.75 Å². The van der Waals surface area contributed by atoms with Crippen LogP contribution in [0.3, 0.4) is 0 Å². The third-order valence-electron chi connectivity index (χ3n) is 5.89. The second-order valence-corrected chi connectivity index (χ2v) is 10.5. The van der Waals surface area contributed by atoms with Crippen LogP contribution in [0, 0.1) is 10.8 Å². The molecule has 1 rings (SSSR count). The Balaban J connectivity index is 2.33. The number of carboxylic acid groups (broad SMARTS) is 1. The van der Waals surface area contributed by atoms with Crippen LogP contribution in [0.1, 0.15) is 110 Å². The Kier molecular flexibility index (Phi) is 10.8. The summed E-state index contributed by atoms with van der Waals surface area (Å²) < 4.78 is 0. The topological polar surface area (TPSA) is 57.5 Å². The highest BCUT2D eigenvalue weighted by atomic mass is 16.4. The molecule has 0 saturated heterocycles. The largest absolute Gasteiger partial charge is 0.508 e. The number of benzene rings is 1. The van der Waals surface area contributed by atoms with E-state index < -0.39 is 11.4 Å². The number of aliphatic carboxylic acids is 1. The Morgan fingerprint density at radius 2 is 1.28 bits per heavy atom. The first-order chi connectivity index (χ1) is 13.5. The Labute approximate surface area is 178 Å². The van der Waals surface area contributed by atoms with Crippen molar-refractivity contribution < 1.29 is 15.0 Å². The van der Waals surface area contributed by atoms with Crippen LogP contribution < -0.4 is 0 Å². The number of rotatable bonds is 14. The highest BCUT2D eigenvalue weighted by molar-refractivity contribution is 5.73. The number of carbonyl (C=O) groups is 1. The van der Waals surface area contributed by atoms with Gasteiger partial charge in [0.2, 0.25) is 0 Å². The molecule has 0 saturated carbocycles. The first kappa shape index (κ1) is 25.5. The zero-order chi connectivity index (χ0) is 21.9. The molecule has 3 nitrogen and oxygen atoms in total. The minimum atomic E-state index is -0.708. The summed E-state index contributed by atoms with van der Waals surface area (Å²) in [6.45, 7) is 10.5. The van der Waals surface area contributed by atoms with Crippen molar-refractivity contribution in [3.05, 3.63) is 29.3 Å². The first-order valence-electron chi connectivity index (χ1n) is 11.6. The van der Waals surface area contributed by atoms with Crippen LogP contribution >= 0.6 is 0 Å². The molecule has 0 aliphatic carbocycles. The van der Waals surface area contributed by atoms with Gasteiger partial charge in [-0.15, -0.1) is 0 Å². The minimum Gasteiger partial charge on any atom is -0.508 e. The van der Waals surface area contributed by atoms with E-state index in [1.165, 1.54) is 43.2 Å². The molecule has 0 fully saturated rings. The van der Waals surface area contributed by atoms with Crippen LogP contribution in [-0.4, -0.2) is 16.2 Å². The zero-order valence-corrected chi connectivity index (χ0v) is 19.5. The van der Waals surface area contributed by atoms with Crippen molar-refractivity contribution >= 4 is 5.97 Å². The zero-order valence-electron chi connectivity index (χ0n) is 19.5. The normalized spacial score (nSPS) is 12.3. The number of hydrogen-bond donors (Lipinski definition) is 2. The van der Waals surface area contributed by atoms with E-state index in [1.807, 2.05) is 12.1 Å². The van der Waals surface area contributed by atoms with Crippen LogP contribution in [0.4, 0.5) is 0 Å². The summed E-state index contributed by atoms with van der Waals surface area (Å²) in [4.78, 5) is 11.2. The lowest BCUT2D eigenvalue weighted by Crippen LogP contribution is -2.23. The number of carboxylic acids is 1. The third-order valence-corrected chi connectivity index (χ3v) is 5.89. The average molecular weight is 405 g/mol. The van der Waals surface area contributed by atoms with E-state index in [-0.39, 0.29) is 0 Å². The number of phenols is 1. The molecule has 1 aromatic rings. The fourth-order valence-electron chi connectivity index (χ4n) is 3.76. The molecule has 0 radical (unpaired) electrons. The number of aryl methyl sites for hydroxylation is 2. The predicted molar refractivity (Wildman–Crippen MR) is 123 cm³/mol. The SMILES string of the molecule is CC(C)(C)CCCCCCc1ccc(O)cc1CCCCCCC(C)(C)C(=O)O. The van der Waals surface area contributed by atoms with Crippen molar-refractivity contribution in [1.82, 2.24) is 0 Å². The van der Waals surface area contributed by atoms with Gasteiger partial charge in [-0.25, -0.2) is 0 Å². The first-order valence-corrected chi connectivity index (χ1v) is 11.6. The van der Waals surface area contributed by atoms with Crippen molar-refractivity contribution in [2.75, 3.05) is 0 Å². The van der Waals surface area contributed by atoms with E-state index in [4.69, 9.17) is 0 Å². The molecule has 0 atom stereocenters. The predicted octanol–water partition coefficient (Wildman–Crippen LogP) is 7.54. The molecule has 0 spiro atoms. The number of hydrogen-bond acceptors (Lipinski definition) is 2. The Morgan fingerprint density at radius 3 is 1.83 bits per heavy atom. The number of aromatic hydroxyl groups is 1. The summed E-state index contributed by atoms with van der Waals surface area (Å²) in [5.74, 6) is -0.350. The van der Waals surface area contributed by atoms with E-state index >= 15 is 0 Å². The van der Waals surface area contributed by atoms with E-state index in [0.29, 0.717) is 11.2 Å². The lowest BCUT2D eigenvalue weighted by molar-refractivity contribution is -0.147. The summed E-state index contributed by atoms with van der Waals surface area (Å²) in [6, 6.07) is 5.84. The maximum absolute atomic E-state index is 11.2. The maximum Gasteiger partial charge on any atom is 0.309 e. The van der Waals surface area contributed by atoms with E-state index in [1.54, 1.807) is 13.8 Å². The van der Waals surface area contributed by atoms with E-state index in [0.717, 1.165) is 44.9 Å². The fraction of sp³-hybridized carbons (Fsp3) is 0.731. The lowest BCUT2D eigenvalue weighted by Gasteiger charge is -2.18. The monoisotopic (exact) mass is 404 g/mol. The van der Waals surface area contributed by atoms with Gasteiger partial charge in [0.25, 0.3) is 0 Å². The average Bonchev–Trinajstić information content (AvgIpc) is 2.61. The lowest BCUT2D eigenvalue weighted by atomic mass is 9.87. The highest BCUT2D eigenvalue weighted by Crippen LogP contribution is 2.26. The number of unbranched alkanes of at least 4 members (excludes halogenated alkanes) is 6. The van der Waals surface area contributed by atoms with Crippen molar-refractivity contribution in [2.45, 2.75) is 112 Å². The highest BCUT2D eigenvalue weighted by Gasteiger charge is 2.25. The summed E-state index contributed by atoms with van der Waals surface area (Å²) in [7, 11) is 0. The quantitative estimate of drug-likeness (QED) is 0.315. The molecule has 2 N–H and O–H groups in total. The Morgan fingerprint density at radius 1 is 0.759 bits per heavy atom. The molecular weight excluding hydrogens is 360 g/mol. The van der Waals surface area contributed by atoms with Gasteiger partial charge in [-0.2, -0.15) is 0 Å². The van der Waals surface area contributed by atoms with Gasteiger partial charge in [0.05, 0.1) is 5.41 Å². The van der Waals surface area contributed by atoms with E-state index in [9.17, 15) is 15.0 Å². The van der Waals surface area contributed by atoms with Crippen molar-refractivity contribution in [2.24, 2.45) is 10.8 Å². The summed E-state index contributed by atoms with van der Waals surface area (Å²) in [5, 5.41) is 19.1. The van der Waals surface area contributed by atoms with Crippen molar-refractivity contribution in [1.29, 1.82) is 0 Å². The summed E-state index contributed by atoms with van der Waals surface area (Å²) in [5.41, 5.74) is 2.48. The molecule has 0 unspecified atom stereocenters. The fourth-order valence-corrected chi connectivity index (χ4v) is 3.76. The second-order valence-electron chi connectivity index (χ2n) is 10.5. The molecule has 0 bridgehead atoms. The van der Waals surface area contributed by atoms with Gasteiger partial charge < -0.3 is 10.2 Å². The molecule has 0 aliphatic heterocycles. The van der Waals surface area contributed by atoms with Gasteiger partial charge >= 0.3 is 5.97 Å². The van der Waals surface area contributed by atoms with E-state index in [2.05, 4.69) is 26.8 Å². The molecule has 1 aromatic carbocycles. The van der Waals surface area contributed by atoms with Gasteiger partial charge in [0.1, 0.15) is 5.75 Å². The van der Waals surface area contributed by atoms with Gasteiger partial charge in [-0.1, -0.05) is 65.4 Å². The molecule has 0 heterocycles. The van der Waals surface area contributed by atoms with Gasteiger partial charge in [0.15, 0.2) is 0 Å². The standard InChI is InChI=1S/C26H44O3/c1-25(2,3)18-12-8-6-10-14-21-16-17-23(27)20-22(21)15-11-7-9-13-19-26(4,5)24(28)29/h16-17,20,27H,6-15,18-19H2,1-5H3,(H,28,29). The van der Waals surface area contributed by atoms with Gasteiger partial charge in [-0.3, -0.25) is 4.79 Å². The molecule has 0 aliphatic rings. The van der Waals surface area contributed by atoms with Crippen LogP contribution in [0.2, 0.25) is 0 Å². The molecule has 166 valence electrons. The number of phenolic OH excluding ortho intramolecular Hbond substituents is 1. The second kappa shape index (κ2) is 12.2. The molecule has 3 heteroatoms. The van der Waals surface area contributed by atoms with Gasteiger partial charge in [-0.05, 0) is 81.0 Å². The maximum atomic E-state index is 11.2.